The minimum absolute atomic E-state index is 0.425. The molecule has 1 aliphatic heterocycles. The van der Waals surface area contributed by atoms with Crippen LogP contribution in [0.1, 0.15) is 37.3 Å². The summed E-state index contributed by atoms with van der Waals surface area (Å²) in [5.74, 6) is 1.26. The molecule has 0 spiro atoms. The fourth-order valence-electron chi connectivity index (χ4n) is 2.80. The second-order valence-electron chi connectivity index (χ2n) is 5.60. The molecule has 2 rings (SSSR count). The number of alkyl halides is 1. The largest absolute Gasteiger partial charge is 0.375 e. The zero-order chi connectivity index (χ0) is 13.0. The number of halogens is 1. The van der Waals surface area contributed by atoms with E-state index in [-0.39, 0.29) is 0 Å². The Hall–Kier alpha value is -0.530. The molecule has 3 atom stereocenters. The number of rotatable bonds is 5. The van der Waals surface area contributed by atoms with Gasteiger partial charge >= 0.3 is 0 Å². The maximum absolute atomic E-state index is 6.12. The predicted octanol–water partition coefficient (Wildman–Crippen LogP) is 4.35. The van der Waals surface area contributed by atoms with E-state index in [1.807, 2.05) is 0 Å². The van der Waals surface area contributed by atoms with Gasteiger partial charge in [0.05, 0.1) is 12.2 Å². The van der Waals surface area contributed by atoms with Gasteiger partial charge in [-0.1, -0.05) is 29.8 Å². The Bertz CT molecular complexity index is 377. The van der Waals surface area contributed by atoms with Gasteiger partial charge in [-0.2, -0.15) is 0 Å². The van der Waals surface area contributed by atoms with Crippen molar-refractivity contribution in [2.24, 2.45) is 5.92 Å². The summed E-state index contributed by atoms with van der Waals surface area (Å²) >= 11 is 6.12. The van der Waals surface area contributed by atoms with E-state index in [0.29, 0.717) is 18.1 Å². The van der Waals surface area contributed by atoms with Crippen LogP contribution < -0.4 is 0 Å². The second-order valence-corrected chi connectivity index (χ2v) is 5.90. The van der Waals surface area contributed by atoms with Crippen molar-refractivity contribution >= 4 is 11.6 Å². The van der Waals surface area contributed by atoms with Crippen LogP contribution in [0.15, 0.2) is 24.3 Å². The van der Waals surface area contributed by atoms with Crippen LogP contribution in [0.25, 0.3) is 0 Å². The van der Waals surface area contributed by atoms with Crippen LogP contribution in [0, 0.1) is 12.8 Å². The number of benzene rings is 1. The third-order valence-electron chi connectivity index (χ3n) is 3.74. The van der Waals surface area contributed by atoms with Crippen LogP contribution in [0.5, 0.6) is 0 Å². The molecule has 1 aromatic carbocycles. The monoisotopic (exact) mass is 266 g/mol. The van der Waals surface area contributed by atoms with Crippen molar-refractivity contribution in [2.45, 2.75) is 51.7 Å². The summed E-state index contributed by atoms with van der Waals surface area (Å²) in [6.45, 7) is 4.30. The smallest absolute Gasteiger partial charge is 0.0582 e. The van der Waals surface area contributed by atoms with Gasteiger partial charge in [0, 0.05) is 5.88 Å². The van der Waals surface area contributed by atoms with Crippen LogP contribution in [0.3, 0.4) is 0 Å². The van der Waals surface area contributed by atoms with Gasteiger partial charge in [-0.25, -0.2) is 0 Å². The fraction of sp³-hybridized carbons (Fsp3) is 0.625. The van der Waals surface area contributed by atoms with E-state index in [1.54, 1.807) is 0 Å². The number of aryl methyl sites for hydroxylation is 1. The minimum Gasteiger partial charge on any atom is -0.375 e. The molecule has 0 aliphatic carbocycles. The molecular formula is C16H23ClO. The zero-order valence-corrected chi connectivity index (χ0v) is 12.1. The van der Waals surface area contributed by atoms with Crippen molar-refractivity contribution in [3.8, 4) is 0 Å². The van der Waals surface area contributed by atoms with Gasteiger partial charge in [0.2, 0.25) is 0 Å². The van der Waals surface area contributed by atoms with Gasteiger partial charge in [-0.05, 0) is 51.0 Å². The highest BCUT2D eigenvalue weighted by Crippen LogP contribution is 2.26. The van der Waals surface area contributed by atoms with E-state index in [9.17, 15) is 0 Å². The Kier molecular flexibility index (Phi) is 5.08. The Labute approximate surface area is 115 Å². The molecule has 0 saturated carbocycles. The van der Waals surface area contributed by atoms with E-state index in [2.05, 4.69) is 38.1 Å². The van der Waals surface area contributed by atoms with Crippen molar-refractivity contribution in [3.63, 3.8) is 0 Å². The first-order chi connectivity index (χ1) is 8.67. The van der Waals surface area contributed by atoms with Crippen molar-refractivity contribution < 1.29 is 4.74 Å². The first kappa shape index (κ1) is 13.9. The normalized spacial score (nSPS) is 25.3. The molecule has 1 nitrogen and oxygen atoms in total. The lowest BCUT2D eigenvalue weighted by Crippen LogP contribution is -2.17. The molecule has 0 bridgehead atoms. The summed E-state index contributed by atoms with van der Waals surface area (Å²) in [6, 6.07) is 8.73. The molecule has 0 amide bonds. The van der Waals surface area contributed by atoms with Crippen molar-refractivity contribution in [1.29, 1.82) is 0 Å². The molecule has 1 heterocycles. The van der Waals surface area contributed by atoms with Crippen molar-refractivity contribution in [1.82, 2.24) is 0 Å². The number of ether oxygens (including phenoxy) is 1. The first-order valence-electron chi connectivity index (χ1n) is 6.94. The maximum atomic E-state index is 6.12. The van der Waals surface area contributed by atoms with E-state index in [1.165, 1.54) is 24.0 Å². The molecule has 100 valence electrons. The second kappa shape index (κ2) is 6.58. The van der Waals surface area contributed by atoms with Gasteiger partial charge in [0.1, 0.15) is 0 Å². The minimum atomic E-state index is 0.425. The summed E-state index contributed by atoms with van der Waals surface area (Å²) in [5.41, 5.74) is 2.72. The Morgan fingerprint density at radius 2 is 2.22 bits per heavy atom. The summed E-state index contributed by atoms with van der Waals surface area (Å²) in [6.07, 6.45) is 5.42. The zero-order valence-electron chi connectivity index (χ0n) is 11.4. The summed E-state index contributed by atoms with van der Waals surface area (Å²) in [7, 11) is 0. The van der Waals surface area contributed by atoms with Crippen LogP contribution in [-0.2, 0) is 11.2 Å². The molecule has 0 N–H and O–H groups in total. The van der Waals surface area contributed by atoms with Gasteiger partial charge < -0.3 is 4.74 Å². The van der Waals surface area contributed by atoms with Crippen molar-refractivity contribution in [2.75, 3.05) is 5.88 Å². The highest BCUT2D eigenvalue weighted by Gasteiger charge is 2.24. The maximum Gasteiger partial charge on any atom is 0.0582 e. The average molecular weight is 267 g/mol. The third-order valence-corrected chi connectivity index (χ3v) is 4.18. The van der Waals surface area contributed by atoms with E-state index in [4.69, 9.17) is 16.3 Å². The first-order valence-corrected chi connectivity index (χ1v) is 7.47. The van der Waals surface area contributed by atoms with E-state index < -0.39 is 0 Å². The van der Waals surface area contributed by atoms with Gasteiger partial charge in [0.15, 0.2) is 0 Å². The lowest BCUT2D eigenvalue weighted by molar-refractivity contribution is 0.0426. The molecule has 1 fully saturated rings. The molecule has 18 heavy (non-hydrogen) atoms. The highest BCUT2D eigenvalue weighted by molar-refractivity contribution is 6.18. The third kappa shape index (κ3) is 4.00. The molecule has 1 aliphatic rings. The van der Waals surface area contributed by atoms with Crippen molar-refractivity contribution in [3.05, 3.63) is 35.4 Å². The van der Waals surface area contributed by atoms with E-state index >= 15 is 0 Å². The molecule has 0 radical (unpaired) electrons. The van der Waals surface area contributed by atoms with Crippen LogP contribution in [-0.4, -0.2) is 18.1 Å². The summed E-state index contributed by atoms with van der Waals surface area (Å²) in [4.78, 5) is 0. The van der Waals surface area contributed by atoms with E-state index in [0.717, 1.165) is 18.7 Å². The molecule has 3 unspecified atom stereocenters. The SMILES string of the molecule is Cc1cccc(CC(CCl)CC2CCC(C)O2)c1. The standard InChI is InChI=1S/C16H23ClO/c1-12-4-3-5-14(8-12)9-15(11-17)10-16-7-6-13(2)18-16/h3-5,8,13,15-16H,6-7,9-11H2,1-2H3. The fourth-order valence-corrected chi connectivity index (χ4v) is 3.04. The summed E-state index contributed by atoms with van der Waals surface area (Å²) in [5, 5.41) is 0. The highest BCUT2D eigenvalue weighted by atomic mass is 35.5. The molecule has 1 aromatic rings. The number of hydrogen-bond donors (Lipinski definition) is 0. The number of hydrogen-bond acceptors (Lipinski definition) is 1. The lowest BCUT2D eigenvalue weighted by Gasteiger charge is -2.19. The van der Waals surface area contributed by atoms with Gasteiger partial charge in [0.25, 0.3) is 0 Å². The quantitative estimate of drug-likeness (QED) is 0.720. The average Bonchev–Trinajstić information content (AvgIpc) is 2.74. The summed E-state index contributed by atoms with van der Waals surface area (Å²) < 4.78 is 5.90. The molecule has 0 aromatic heterocycles. The Morgan fingerprint density at radius 3 is 2.83 bits per heavy atom. The van der Waals surface area contributed by atoms with Crippen LogP contribution in [0.4, 0.5) is 0 Å². The van der Waals surface area contributed by atoms with Crippen LogP contribution in [0.2, 0.25) is 0 Å². The molecule has 1 saturated heterocycles. The Morgan fingerprint density at radius 1 is 1.39 bits per heavy atom. The van der Waals surface area contributed by atoms with Crippen LogP contribution >= 0.6 is 11.6 Å². The topological polar surface area (TPSA) is 9.23 Å². The molecule has 2 heteroatoms. The predicted molar refractivity (Wildman–Crippen MR) is 77.3 cm³/mol. The van der Waals surface area contributed by atoms with Gasteiger partial charge in [-0.3, -0.25) is 0 Å². The lowest BCUT2D eigenvalue weighted by atomic mass is 9.93. The molecular weight excluding hydrogens is 244 g/mol. The van der Waals surface area contributed by atoms with Gasteiger partial charge in [-0.15, -0.1) is 11.6 Å². The Balaban J connectivity index is 1.89.